The van der Waals surface area contributed by atoms with Gasteiger partial charge in [-0.05, 0) is 19.4 Å². The fourth-order valence-electron chi connectivity index (χ4n) is 3.16. The number of amides is 1. The molecule has 0 N–H and O–H groups in total. The number of oxazole rings is 1. The van der Waals surface area contributed by atoms with Crippen molar-refractivity contribution in [3.8, 4) is 17.6 Å². The van der Waals surface area contributed by atoms with E-state index >= 15 is 0 Å². The number of carbonyl (C=O) groups is 1. The van der Waals surface area contributed by atoms with Crippen LogP contribution in [0.4, 0.5) is 13.6 Å². The third-order valence-corrected chi connectivity index (χ3v) is 4.61. The van der Waals surface area contributed by atoms with Gasteiger partial charge in [0.15, 0.2) is 0 Å². The Bertz CT molecular complexity index is 1050. The number of benzene rings is 2. The molecule has 0 saturated heterocycles. The normalized spacial score (nSPS) is 15.1. The van der Waals surface area contributed by atoms with Crippen molar-refractivity contribution in [2.24, 2.45) is 0 Å². The van der Waals surface area contributed by atoms with E-state index in [4.69, 9.17) is 13.9 Å². The number of rotatable bonds is 4. The largest absolute Gasteiger partial charge is 0.417 e. The number of nitrogens with zero attached hydrogens (tertiary/aromatic N) is 2. The van der Waals surface area contributed by atoms with Crippen LogP contribution in [-0.2, 0) is 6.54 Å². The van der Waals surface area contributed by atoms with E-state index < -0.39 is 23.8 Å². The van der Waals surface area contributed by atoms with Gasteiger partial charge in [0.05, 0.1) is 24.3 Å². The van der Waals surface area contributed by atoms with Crippen LogP contribution in [0.1, 0.15) is 46.4 Å². The third-order valence-electron chi connectivity index (χ3n) is 4.61. The number of carbonyl (C=O) groups excluding carboxylic acids is 1. The summed E-state index contributed by atoms with van der Waals surface area (Å²) in [6.45, 7) is 7.26. The van der Waals surface area contributed by atoms with Crippen LogP contribution in [0.2, 0.25) is 0 Å². The molecule has 1 aromatic heterocycles. The number of aryl methyl sites for hydroxylation is 1. The predicted octanol–water partition coefficient (Wildman–Crippen LogP) is 6.65. The molecular weight excluding hydrogens is 394 g/mol. The summed E-state index contributed by atoms with van der Waals surface area (Å²) >= 11 is 0. The van der Waals surface area contributed by atoms with Crippen LogP contribution in [0.15, 0.2) is 47.2 Å². The lowest BCUT2D eigenvalue weighted by Gasteiger charge is -2.34. The molecule has 1 aliphatic heterocycles. The van der Waals surface area contributed by atoms with Crippen LogP contribution in [0.3, 0.4) is 0 Å². The topological polar surface area (TPSA) is 64.8 Å². The van der Waals surface area contributed by atoms with Gasteiger partial charge in [-0.25, -0.2) is 13.6 Å². The van der Waals surface area contributed by atoms with E-state index in [2.05, 4.69) is 4.98 Å². The Kier molecular flexibility index (Phi) is 6.34. The average Bonchev–Trinajstić information content (AvgIpc) is 3.22. The summed E-state index contributed by atoms with van der Waals surface area (Å²) in [6.07, 6.45) is 1.93. The van der Waals surface area contributed by atoms with Crippen molar-refractivity contribution in [3.05, 3.63) is 71.1 Å². The van der Waals surface area contributed by atoms with Crippen molar-refractivity contribution in [2.45, 2.75) is 40.3 Å². The standard InChI is InChI=1S/C20H16F2N2O4.C2H6.2H2/c1-11-4-3-5-13(18(11)22)10-24-12(2)17-15(21)8-14(9-16(17)28-20(24)25)27-19-23-6-7-26-19;1-2;;/h3-9,12H,10H2,1-2H3;1-2H3;2*1H/t12-;;;/m0.../s1. The Labute approximate surface area is 176 Å². The van der Waals surface area contributed by atoms with Gasteiger partial charge in [-0.3, -0.25) is 4.90 Å². The Morgan fingerprint density at radius 1 is 1.27 bits per heavy atom. The van der Waals surface area contributed by atoms with E-state index in [-0.39, 0.29) is 32.5 Å². The molecule has 0 unspecified atom stereocenters. The van der Waals surface area contributed by atoms with Gasteiger partial charge in [0, 0.05) is 20.5 Å². The molecule has 2 heterocycles. The lowest BCUT2D eigenvalue weighted by atomic mass is 10.0. The Morgan fingerprint density at radius 3 is 2.73 bits per heavy atom. The van der Waals surface area contributed by atoms with Gasteiger partial charge < -0.3 is 13.9 Å². The minimum absolute atomic E-state index is 0. The highest BCUT2D eigenvalue weighted by Gasteiger charge is 2.35. The first kappa shape index (κ1) is 21.3. The van der Waals surface area contributed by atoms with E-state index in [1.165, 1.54) is 23.4 Å². The third kappa shape index (κ3) is 4.12. The maximum Gasteiger partial charge on any atom is 0.416 e. The fraction of sp³-hybridized carbons (Fsp3) is 0.273. The summed E-state index contributed by atoms with van der Waals surface area (Å²) in [5.41, 5.74) is 0.986. The van der Waals surface area contributed by atoms with Crippen molar-refractivity contribution in [2.75, 3.05) is 0 Å². The Hall–Kier alpha value is -3.42. The fourth-order valence-corrected chi connectivity index (χ4v) is 3.16. The molecule has 4 rings (SSSR count). The molecule has 1 aliphatic rings. The number of ether oxygens (including phenoxy) is 2. The molecule has 162 valence electrons. The summed E-state index contributed by atoms with van der Waals surface area (Å²) in [7, 11) is 0. The Morgan fingerprint density at radius 2 is 2.03 bits per heavy atom. The Balaban J connectivity index is 0.00000125. The maximum absolute atomic E-state index is 14.8. The molecule has 30 heavy (non-hydrogen) atoms. The molecular formula is C22H26F2N2O4. The first-order valence-electron chi connectivity index (χ1n) is 9.57. The minimum Gasteiger partial charge on any atom is -0.417 e. The molecule has 6 nitrogen and oxygen atoms in total. The first-order chi connectivity index (χ1) is 14.4. The van der Waals surface area contributed by atoms with Gasteiger partial charge in [0.1, 0.15) is 29.4 Å². The molecule has 3 aromatic rings. The zero-order valence-electron chi connectivity index (χ0n) is 17.1. The number of halogens is 2. The van der Waals surface area contributed by atoms with E-state index in [0.717, 1.165) is 6.07 Å². The predicted molar refractivity (Wildman–Crippen MR) is 110 cm³/mol. The minimum atomic E-state index is -0.700. The van der Waals surface area contributed by atoms with Crippen molar-refractivity contribution >= 4 is 6.09 Å². The highest BCUT2D eigenvalue weighted by Crippen LogP contribution is 2.40. The van der Waals surface area contributed by atoms with Crippen molar-refractivity contribution in [3.63, 3.8) is 0 Å². The van der Waals surface area contributed by atoms with E-state index in [1.54, 1.807) is 32.0 Å². The van der Waals surface area contributed by atoms with Crippen LogP contribution in [0, 0.1) is 18.6 Å². The molecule has 0 radical (unpaired) electrons. The number of hydrogen-bond donors (Lipinski definition) is 0. The first-order valence-corrected chi connectivity index (χ1v) is 9.57. The molecule has 1 atom stereocenters. The summed E-state index contributed by atoms with van der Waals surface area (Å²) in [4.78, 5) is 17.6. The van der Waals surface area contributed by atoms with Crippen molar-refractivity contribution in [1.29, 1.82) is 0 Å². The molecule has 0 spiro atoms. The van der Waals surface area contributed by atoms with Crippen LogP contribution in [0.25, 0.3) is 0 Å². The number of aromatic nitrogens is 1. The van der Waals surface area contributed by atoms with Gasteiger partial charge in [0.25, 0.3) is 0 Å². The summed E-state index contributed by atoms with van der Waals surface area (Å²) < 4.78 is 44.7. The van der Waals surface area contributed by atoms with Crippen molar-refractivity contribution < 1.29 is 30.3 Å². The highest BCUT2D eigenvalue weighted by atomic mass is 19.1. The molecule has 2 aromatic carbocycles. The van der Waals surface area contributed by atoms with Crippen LogP contribution in [0.5, 0.6) is 17.6 Å². The van der Waals surface area contributed by atoms with E-state index in [9.17, 15) is 13.6 Å². The van der Waals surface area contributed by atoms with Crippen molar-refractivity contribution in [1.82, 2.24) is 9.88 Å². The molecule has 0 aliphatic carbocycles. The second-order valence-corrected chi connectivity index (χ2v) is 6.44. The van der Waals surface area contributed by atoms with Gasteiger partial charge in [-0.15, -0.1) is 0 Å². The highest BCUT2D eigenvalue weighted by molar-refractivity contribution is 5.75. The SMILES string of the molecule is CC.Cc1cccc(CN2C(=O)Oc3cc(Oc4ncco4)cc(F)c3[C@@H]2C)c1F.[HH].[HH]. The second kappa shape index (κ2) is 8.94. The number of fused-ring (bicyclic) bond motifs is 1. The smallest absolute Gasteiger partial charge is 0.416 e. The lowest BCUT2D eigenvalue weighted by molar-refractivity contribution is 0.114. The molecule has 0 saturated carbocycles. The van der Waals surface area contributed by atoms with E-state index in [1.807, 2.05) is 13.8 Å². The van der Waals surface area contributed by atoms with Crippen LogP contribution in [-0.4, -0.2) is 16.0 Å². The van der Waals surface area contributed by atoms with Crippen LogP contribution < -0.4 is 9.47 Å². The lowest BCUT2D eigenvalue weighted by Crippen LogP contribution is -2.40. The van der Waals surface area contributed by atoms with Gasteiger partial charge in [-0.1, -0.05) is 32.0 Å². The monoisotopic (exact) mass is 420 g/mol. The summed E-state index contributed by atoms with van der Waals surface area (Å²) in [5, 5.41) is 0. The van der Waals surface area contributed by atoms with E-state index in [0.29, 0.717) is 11.1 Å². The van der Waals surface area contributed by atoms with Gasteiger partial charge in [-0.2, -0.15) is 4.98 Å². The zero-order valence-corrected chi connectivity index (χ0v) is 17.1. The second-order valence-electron chi connectivity index (χ2n) is 6.44. The average molecular weight is 420 g/mol. The van der Waals surface area contributed by atoms with Crippen LogP contribution >= 0.6 is 0 Å². The van der Waals surface area contributed by atoms with Gasteiger partial charge in [0.2, 0.25) is 0 Å². The maximum atomic E-state index is 14.8. The quantitative estimate of drug-likeness (QED) is 0.473. The molecule has 0 bridgehead atoms. The summed E-state index contributed by atoms with van der Waals surface area (Å²) in [6, 6.07) is 6.81. The molecule has 0 fully saturated rings. The summed E-state index contributed by atoms with van der Waals surface area (Å²) in [5.74, 6) is -0.894. The number of hydrogen-bond acceptors (Lipinski definition) is 5. The molecule has 8 heteroatoms. The molecule has 1 amide bonds. The van der Waals surface area contributed by atoms with Gasteiger partial charge >= 0.3 is 12.2 Å². The zero-order chi connectivity index (χ0) is 21.8.